The first-order chi connectivity index (χ1) is 21.5. The van der Waals surface area contributed by atoms with E-state index in [9.17, 15) is 9.59 Å². The number of fused-ring (bicyclic) bond motifs is 5. The van der Waals surface area contributed by atoms with E-state index < -0.39 is 11.6 Å². The molecule has 6 aliphatic carbocycles. The van der Waals surface area contributed by atoms with Crippen LogP contribution in [0.2, 0.25) is 0 Å². The van der Waals surface area contributed by atoms with Gasteiger partial charge in [0.05, 0.1) is 7.11 Å². The van der Waals surface area contributed by atoms with Crippen molar-refractivity contribution in [2.45, 2.75) is 161 Å². The summed E-state index contributed by atoms with van der Waals surface area (Å²) in [5, 5.41) is 0. The van der Waals surface area contributed by atoms with Gasteiger partial charge in [0.25, 0.3) is 0 Å². The van der Waals surface area contributed by atoms with E-state index in [-0.39, 0.29) is 28.9 Å². The average Bonchev–Trinajstić information content (AvgIpc) is 3.64. The minimum Gasteiger partial charge on any atom is -0.469 e. The third-order valence-corrected chi connectivity index (χ3v) is 15.3. The minimum atomic E-state index is -0.837. The molecule has 1 aliphatic heterocycles. The van der Waals surface area contributed by atoms with Gasteiger partial charge in [-0.25, -0.2) is 0 Å². The van der Waals surface area contributed by atoms with Crippen LogP contribution in [-0.4, -0.2) is 36.7 Å². The average molecular weight is 631 g/mol. The molecule has 0 aromatic heterocycles. The summed E-state index contributed by atoms with van der Waals surface area (Å²) in [6, 6.07) is 0. The third kappa shape index (κ3) is 5.40. The van der Waals surface area contributed by atoms with E-state index in [0.29, 0.717) is 47.3 Å². The van der Waals surface area contributed by atoms with E-state index in [1.54, 1.807) is 6.92 Å². The first-order valence-corrected chi connectivity index (χ1v) is 18.4. The van der Waals surface area contributed by atoms with Crippen LogP contribution in [0, 0.1) is 51.8 Å². The molecule has 0 aromatic carbocycles. The highest BCUT2D eigenvalue weighted by Gasteiger charge is 2.67. The van der Waals surface area contributed by atoms with Gasteiger partial charge in [0.15, 0.2) is 0 Å². The fraction of sp³-hybridized carbons (Fsp3) is 0.946. The predicted molar refractivity (Wildman–Crippen MR) is 166 cm³/mol. The zero-order valence-corrected chi connectivity index (χ0v) is 28.5. The molecule has 1 saturated heterocycles. The van der Waals surface area contributed by atoms with Crippen molar-refractivity contribution in [3.05, 3.63) is 0 Å². The number of ether oxygens (including phenoxy) is 2. The van der Waals surface area contributed by atoms with E-state index >= 15 is 0 Å². The molecular weight excluding hydrogens is 572 g/mol. The van der Waals surface area contributed by atoms with Gasteiger partial charge in [-0.3, -0.25) is 9.59 Å². The molecule has 0 bridgehead atoms. The number of esters is 2. The Morgan fingerprint density at radius 2 is 1.49 bits per heavy atom. The molecule has 8 nitrogen and oxygen atoms in total. The van der Waals surface area contributed by atoms with Gasteiger partial charge in [-0.15, -0.1) is 0 Å². The monoisotopic (exact) mass is 630 g/mol. The molecule has 45 heavy (non-hydrogen) atoms. The Bertz CT molecular complexity index is 1110. The van der Waals surface area contributed by atoms with Gasteiger partial charge in [0, 0.05) is 44.4 Å². The van der Waals surface area contributed by atoms with Crippen LogP contribution < -0.4 is 0 Å². The molecule has 6 saturated carbocycles. The molecule has 0 aromatic rings. The van der Waals surface area contributed by atoms with Crippen LogP contribution in [0.4, 0.5) is 0 Å². The predicted octanol–water partition coefficient (Wildman–Crippen LogP) is 8.21. The Hall–Kier alpha value is -1.22. The Labute approximate surface area is 270 Å². The van der Waals surface area contributed by atoms with Gasteiger partial charge < -0.3 is 9.47 Å². The van der Waals surface area contributed by atoms with Crippen molar-refractivity contribution in [3.8, 4) is 0 Å². The summed E-state index contributed by atoms with van der Waals surface area (Å²) in [4.78, 5) is 49.5. The zero-order chi connectivity index (χ0) is 31.7. The molecule has 3 spiro atoms. The summed E-state index contributed by atoms with van der Waals surface area (Å²) >= 11 is 0. The van der Waals surface area contributed by atoms with Crippen LogP contribution in [0.15, 0.2) is 0 Å². The maximum Gasteiger partial charge on any atom is 0.305 e. The van der Waals surface area contributed by atoms with Crippen molar-refractivity contribution in [2.24, 2.45) is 51.8 Å². The molecule has 7 fully saturated rings. The summed E-state index contributed by atoms with van der Waals surface area (Å²) in [5.74, 6) is 0.923. The van der Waals surface area contributed by atoms with Gasteiger partial charge in [-0.1, -0.05) is 33.6 Å². The molecule has 0 N–H and O–H groups in total. The lowest BCUT2D eigenvalue weighted by molar-refractivity contribution is -0.665. The lowest BCUT2D eigenvalue weighted by atomic mass is 9.43. The molecule has 254 valence electrons. The topological polar surface area (TPSA) is 89.5 Å². The Balaban J connectivity index is 1.04. The fourth-order valence-electron chi connectivity index (χ4n) is 12.6. The zero-order valence-electron chi connectivity index (χ0n) is 28.5. The van der Waals surface area contributed by atoms with Gasteiger partial charge in [0.2, 0.25) is 11.6 Å². The van der Waals surface area contributed by atoms with Crippen molar-refractivity contribution >= 4 is 11.9 Å². The number of carbonyl (C=O) groups is 2. The summed E-state index contributed by atoms with van der Waals surface area (Å²) < 4.78 is 11.2. The third-order valence-electron chi connectivity index (χ3n) is 15.3. The lowest BCUT2D eigenvalue weighted by Gasteiger charge is -2.63. The molecule has 0 unspecified atom stereocenters. The molecule has 7 rings (SSSR count). The van der Waals surface area contributed by atoms with Crippen molar-refractivity contribution in [1.82, 2.24) is 0 Å². The smallest absolute Gasteiger partial charge is 0.305 e. The highest BCUT2D eigenvalue weighted by atomic mass is 17.4. The van der Waals surface area contributed by atoms with Gasteiger partial charge in [-0.05, 0) is 117 Å². The standard InChI is InChI=1S/C37H58O8/c1-24(8-13-32(39)40-5)28-11-12-29-27-10-9-26-23-37(19-16-33(26,3)30(27)22-31(34(28,29)4)41-25(2)38)44-42-36(43-45-37)20-17-35(18-21-36)14-6-7-15-35/h24,26-31H,6-23H2,1-5H3/t24-,26-,27+,28-,29+,30+,31+,33+,34-/m1/s1. The molecule has 1 heterocycles. The van der Waals surface area contributed by atoms with Crippen molar-refractivity contribution in [1.29, 1.82) is 0 Å². The lowest BCUT2D eigenvalue weighted by Crippen LogP contribution is -2.62. The van der Waals surface area contributed by atoms with Gasteiger partial charge in [0.1, 0.15) is 6.10 Å². The van der Waals surface area contributed by atoms with Crippen LogP contribution in [-0.2, 0) is 38.6 Å². The number of carbonyl (C=O) groups excluding carboxylic acids is 2. The Morgan fingerprint density at radius 3 is 2.16 bits per heavy atom. The summed E-state index contributed by atoms with van der Waals surface area (Å²) in [7, 11) is 1.46. The van der Waals surface area contributed by atoms with Gasteiger partial charge >= 0.3 is 11.9 Å². The second-order valence-corrected chi connectivity index (χ2v) is 17.2. The van der Waals surface area contributed by atoms with Crippen LogP contribution in [0.5, 0.6) is 0 Å². The molecule has 8 heteroatoms. The molecule has 0 radical (unpaired) electrons. The van der Waals surface area contributed by atoms with E-state index in [1.165, 1.54) is 45.6 Å². The number of rotatable bonds is 5. The quantitative estimate of drug-likeness (QED) is 0.222. The maximum absolute atomic E-state index is 12.6. The fourth-order valence-corrected chi connectivity index (χ4v) is 12.6. The molecule has 7 aliphatic rings. The van der Waals surface area contributed by atoms with Crippen LogP contribution >= 0.6 is 0 Å². The normalized spacial score (nSPS) is 43.3. The Kier molecular flexibility index (Phi) is 8.43. The second-order valence-electron chi connectivity index (χ2n) is 17.2. The first-order valence-electron chi connectivity index (χ1n) is 18.4. The van der Waals surface area contributed by atoms with E-state index in [4.69, 9.17) is 29.0 Å². The van der Waals surface area contributed by atoms with E-state index in [0.717, 1.165) is 70.6 Å². The van der Waals surface area contributed by atoms with Crippen molar-refractivity contribution in [2.75, 3.05) is 7.11 Å². The highest BCUT2D eigenvalue weighted by Crippen LogP contribution is 2.70. The summed E-state index contributed by atoms with van der Waals surface area (Å²) in [6.07, 6.45) is 18.5. The van der Waals surface area contributed by atoms with Crippen molar-refractivity contribution < 1.29 is 38.6 Å². The second kappa shape index (κ2) is 11.7. The van der Waals surface area contributed by atoms with Gasteiger partial charge in [-0.2, -0.15) is 19.6 Å². The van der Waals surface area contributed by atoms with Crippen LogP contribution in [0.3, 0.4) is 0 Å². The van der Waals surface area contributed by atoms with E-state index in [2.05, 4.69) is 20.8 Å². The molecular formula is C37H58O8. The maximum atomic E-state index is 12.6. The van der Waals surface area contributed by atoms with E-state index in [1.807, 2.05) is 0 Å². The van der Waals surface area contributed by atoms with Crippen molar-refractivity contribution in [3.63, 3.8) is 0 Å². The Morgan fingerprint density at radius 1 is 0.822 bits per heavy atom. The number of hydrogen-bond donors (Lipinski definition) is 0. The van der Waals surface area contributed by atoms with Crippen LogP contribution in [0.25, 0.3) is 0 Å². The first kappa shape index (κ1) is 32.3. The highest BCUT2D eigenvalue weighted by molar-refractivity contribution is 5.69. The van der Waals surface area contributed by atoms with Crippen LogP contribution in [0.1, 0.15) is 143 Å². The summed E-state index contributed by atoms with van der Waals surface area (Å²) in [5.41, 5.74) is 0.521. The molecule has 9 atom stereocenters. The largest absolute Gasteiger partial charge is 0.469 e. The SMILES string of the molecule is COC(=O)CC[C@@H](C)[C@H]1CC[C@H]2[C@@H]3CC[C@@H]4CC5(CC[C@]4(C)[C@H]3C[C@H](OC(C)=O)[C@]12C)OOC1(CCC2(CCCC2)CC1)OO5. The molecule has 0 amide bonds. The minimum absolute atomic E-state index is 0.0792. The number of methoxy groups -OCH3 is 1. The summed E-state index contributed by atoms with van der Waals surface area (Å²) in [6.45, 7) is 8.76. The number of hydrogen-bond acceptors (Lipinski definition) is 8.